The number of β-amino-alcohol motifs (C(OH)–C–C–N with tert-alkyl or cyclic N) is 1. The SMILES string of the molecule is COc1ccc(-c2ccc3c(n2)CCCN3CC(O)CN2CCCc3nc(C)c(C)cc32)cc1.Cl. The predicted octanol–water partition coefficient (Wildman–Crippen LogP) is 4.76. The zero-order valence-corrected chi connectivity index (χ0v) is 21.6. The number of aryl methyl sites for hydroxylation is 4. The van der Waals surface area contributed by atoms with Crippen LogP contribution in [0.3, 0.4) is 0 Å². The fourth-order valence-electron chi connectivity index (χ4n) is 5.15. The Kier molecular flexibility index (Phi) is 7.82. The Morgan fingerprint density at radius 2 is 1.51 bits per heavy atom. The first-order valence-corrected chi connectivity index (χ1v) is 12.3. The number of methoxy groups -OCH3 is 1. The second-order valence-corrected chi connectivity index (χ2v) is 9.50. The summed E-state index contributed by atoms with van der Waals surface area (Å²) in [5.74, 6) is 0.847. The van der Waals surface area contributed by atoms with Gasteiger partial charge in [-0.15, -0.1) is 12.4 Å². The minimum atomic E-state index is -0.445. The number of hydrogen-bond acceptors (Lipinski definition) is 6. The molecule has 0 radical (unpaired) electrons. The van der Waals surface area contributed by atoms with Crippen molar-refractivity contribution >= 4 is 23.8 Å². The summed E-state index contributed by atoms with van der Waals surface area (Å²) in [7, 11) is 1.68. The van der Waals surface area contributed by atoms with Gasteiger partial charge in [0.1, 0.15) is 5.75 Å². The van der Waals surface area contributed by atoms with E-state index < -0.39 is 6.10 Å². The van der Waals surface area contributed by atoms with Crippen molar-refractivity contribution in [3.05, 3.63) is 65.1 Å². The third-order valence-electron chi connectivity index (χ3n) is 7.09. The first kappa shape index (κ1) is 25.3. The first-order valence-electron chi connectivity index (χ1n) is 12.3. The number of aliphatic hydroxyl groups is 1. The summed E-state index contributed by atoms with van der Waals surface area (Å²) in [6.07, 6.45) is 3.67. The molecule has 1 atom stereocenters. The highest BCUT2D eigenvalue weighted by molar-refractivity contribution is 5.85. The standard InChI is InChI=1S/C28H34N4O2.ClH/c1-19-16-28-26(29-20(19)2)7-5-15-32(28)18-22(33)17-31-14-4-6-25-27(31)13-12-24(30-25)21-8-10-23(34-3)11-9-21;/h8-13,16,22,33H,4-7,14-15,17-18H2,1-3H3;1H. The van der Waals surface area contributed by atoms with Crippen molar-refractivity contribution in [1.82, 2.24) is 9.97 Å². The Hall–Kier alpha value is -2.83. The molecule has 186 valence electrons. The van der Waals surface area contributed by atoms with Crippen LogP contribution in [0.5, 0.6) is 5.75 Å². The molecule has 0 bridgehead atoms. The number of benzene rings is 1. The molecule has 5 rings (SSSR count). The fraction of sp³-hybridized carbons (Fsp3) is 0.429. The molecule has 0 fully saturated rings. The number of anilines is 2. The van der Waals surface area contributed by atoms with Crippen molar-refractivity contribution in [2.24, 2.45) is 0 Å². The largest absolute Gasteiger partial charge is 0.497 e. The van der Waals surface area contributed by atoms with Crippen LogP contribution in [-0.4, -0.2) is 54.5 Å². The average Bonchev–Trinajstić information content (AvgIpc) is 2.85. The van der Waals surface area contributed by atoms with Gasteiger partial charge in [-0.05, 0) is 87.6 Å². The molecule has 3 aromatic rings. The first-order chi connectivity index (χ1) is 16.5. The molecule has 1 aromatic carbocycles. The highest BCUT2D eigenvalue weighted by Gasteiger charge is 2.25. The number of ether oxygens (including phenoxy) is 1. The highest BCUT2D eigenvalue weighted by Crippen LogP contribution is 2.31. The second-order valence-electron chi connectivity index (χ2n) is 9.50. The van der Waals surface area contributed by atoms with E-state index in [9.17, 15) is 5.11 Å². The molecule has 7 heteroatoms. The lowest BCUT2D eigenvalue weighted by Crippen LogP contribution is -2.44. The molecule has 0 saturated heterocycles. The van der Waals surface area contributed by atoms with Gasteiger partial charge in [-0.1, -0.05) is 0 Å². The molecule has 2 aromatic heterocycles. The molecule has 0 amide bonds. The number of fused-ring (bicyclic) bond motifs is 2. The van der Waals surface area contributed by atoms with Crippen molar-refractivity contribution in [1.29, 1.82) is 0 Å². The maximum absolute atomic E-state index is 11.1. The lowest BCUT2D eigenvalue weighted by molar-refractivity contribution is 0.183. The normalized spacial score (nSPS) is 15.7. The van der Waals surface area contributed by atoms with Crippen LogP contribution in [0, 0.1) is 13.8 Å². The predicted molar refractivity (Wildman–Crippen MR) is 144 cm³/mol. The van der Waals surface area contributed by atoms with Crippen LogP contribution in [0.25, 0.3) is 11.3 Å². The van der Waals surface area contributed by atoms with E-state index in [4.69, 9.17) is 14.7 Å². The monoisotopic (exact) mass is 494 g/mol. The molecule has 0 saturated carbocycles. The van der Waals surface area contributed by atoms with Crippen LogP contribution in [0.2, 0.25) is 0 Å². The topological polar surface area (TPSA) is 61.7 Å². The Bertz CT molecular complexity index is 1170. The summed E-state index contributed by atoms with van der Waals surface area (Å²) in [5, 5.41) is 11.1. The van der Waals surface area contributed by atoms with Gasteiger partial charge in [0, 0.05) is 37.4 Å². The Morgan fingerprint density at radius 3 is 2.17 bits per heavy atom. The van der Waals surface area contributed by atoms with E-state index in [-0.39, 0.29) is 12.4 Å². The number of aromatic nitrogens is 2. The molecule has 1 unspecified atom stereocenters. The number of nitrogens with zero attached hydrogens (tertiary/aromatic N) is 4. The minimum Gasteiger partial charge on any atom is -0.497 e. The Morgan fingerprint density at radius 1 is 0.886 bits per heavy atom. The third kappa shape index (κ3) is 5.39. The van der Waals surface area contributed by atoms with Crippen molar-refractivity contribution in [2.75, 3.05) is 43.1 Å². The summed E-state index contributed by atoms with van der Waals surface area (Å²) in [6, 6.07) is 14.5. The van der Waals surface area contributed by atoms with Gasteiger partial charge in [-0.2, -0.15) is 0 Å². The van der Waals surface area contributed by atoms with Crippen LogP contribution in [0.15, 0.2) is 42.5 Å². The van der Waals surface area contributed by atoms with Crippen LogP contribution in [0.1, 0.15) is 35.5 Å². The lowest BCUT2D eigenvalue weighted by atomic mass is 10.0. The maximum atomic E-state index is 11.1. The molecule has 0 spiro atoms. The van der Waals surface area contributed by atoms with Crippen molar-refractivity contribution in [3.63, 3.8) is 0 Å². The summed E-state index contributed by atoms with van der Waals surface area (Å²) in [4.78, 5) is 14.4. The molecule has 2 aliphatic heterocycles. The van der Waals surface area contributed by atoms with E-state index >= 15 is 0 Å². The van der Waals surface area contributed by atoms with E-state index in [1.807, 2.05) is 24.3 Å². The quantitative estimate of drug-likeness (QED) is 0.533. The Labute approximate surface area is 214 Å². The smallest absolute Gasteiger partial charge is 0.118 e. The second kappa shape index (κ2) is 10.8. The van der Waals surface area contributed by atoms with Crippen molar-refractivity contribution < 1.29 is 9.84 Å². The zero-order valence-electron chi connectivity index (χ0n) is 20.8. The molecule has 35 heavy (non-hydrogen) atoms. The molecular weight excluding hydrogens is 460 g/mol. The number of pyridine rings is 2. The van der Waals surface area contributed by atoms with Crippen LogP contribution < -0.4 is 14.5 Å². The van der Waals surface area contributed by atoms with Gasteiger partial charge in [0.25, 0.3) is 0 Å². The molecule has 2 aliphatic rings. The summed E-state index contributed by atoms with van der Waals surface area (Å²) in [6.45, 7) is 7.34. The van der Waals surface area contributed by atoms with Crippen LogP contribution >= 0.6 is 12.4 Å². The number of aliphatic hydroxyl groups excluding tert-OH is 1. The van der Waals surface area contributed by atoms with Gasteiger partial charge in [-0.25, -0.2) is 0 Å². The van der Waals surface area contributed by atoms with Gasteiger partial charge in [0.05, 0.1) is 41.7 Å². The number of halogens is 1. The molecule has 0 aliphatic carbocycles. The van der Waals surface area contributed by atoms with E-state index in [2.05, 4.69) is 41.8 Å². The third-order valence-corrected chi connectivity index (χ3v) is 7.09. The van der Waals surface area contributed by atoms with E-state index in [0.717, 1.165) is 72.9 Å². The number of hydrogen-bond donors (Lipinski definition) is 1. The highest BCUT2D eigenvalue weighted by atomic mass is 35.5. The van der Waals surface area contributed by atoms with Gasteiger partial charge in [0.2, 0.25) is 0 Å². The fourth-order valence-corrected chi connectivity index (χ4v) is 5.15. The summed E-state index contributed by atoms with van der Waals surface area (Å²) >= 11 is 0. The van der Waals surface area contributed by atoms with Crippen molar-refractivity contribution in [2.45, 2.75) is 45.6 Å². The minimum absolute atomic E-state index is 0. The van der Waals surface area contributed by atoms with Crippen LogP contribution in [0.4, 0.5) is 11.4 Å². The van der Waals surface area contributed by atoms with Crippen LogP contribution in [-0.2, 0) is 12.8 Å². The molecule has 6 nitrogen and oxygen atoms in total. The van der Waals surface area contributed by atoms with E-state index in [1.54, 1.807) is 7.11 Å². The maximum Gasteiger partial charge on any atom is 0.118 e. The summed E-state index contributed by atoms with van der Waals surface area (Å²) < 4.78 is 5.27. The zero-order chi connectivity index (χ0) is 23.7. The molecule has 1 N–H and O–H groups in total. The van der Waals surface area contributed by atoms with E-state index in [0.29, 0.717) is 13.1 Å². The summed E-state index contributed by atoms with van der Waals surface area (Å²) in [5.41, 5.74) is 9.01. The lowest BCUT2D eigenvalue weighted by Gasteiger charge is -2.36. The molecular formula is C28H35ClN4O2. The van der Waals surface area contributed by atoms with Gasteiger partial charge in [0.15, 0.2) is 0 Å². The molecule has 4 heterocycles. The number of rotatable bonds is 6. The van der Waals surface area contributed by atoms with Crippen molar-refractivity contribution in [3.8, 4) is 17.0 Å². The van der Waals surface area contributed by atoms with Gasteiger partial charge in [-0.3, -0.25) is 9.97 Å². The van der Waals surface area contributed by atoms with Gasteiger partial charge < -0.3 is 19.6 Å². The average molecular weight is 495 g/mol. The Balaban J connectivity index is 0.00000289. The van der Waals surface area contributed by atoms with E-state index in [1.165, 1.54) is 16.9 Å². The van der Waals surface area contributed by atoms with Gasteiger partial charge >= 0.3 is 0 Å².